The molecule has 7 heteroatoms. The normalized spacial score (nSPS) is 10.7. The van der Waals surface area contributed by atoms with Crippen molar-refractivity contribution in [2.75, 3.05) is 19.5 Å². The van der Waals surface area contributed by atoms with Gasteiger partial charge in [0.05, 0.1) is 19.9 Å². The molecule has 1 aromatic rings. The van der Waals surface area contributed by atoms with Gasteiger partial charge in [-0.2, -0.15) is 0 Å². The number of rotatable bonds is 7. The van der Waals surface area contributed by atoms with E-state index in [0.29, 0.717) is 23.6 Å². The Morgan fingerprint density at radius 1 is 1.23 bits per heavy atom. The second-order valence-electron chi connectivity index (χ2n) is 5.42. The fourth-order valence-corrected chi connectivity index (χ4v) is 1.84. The molecule has 0 unspecified atom stereocenters. The minimum atomic E-state index is -0.896. The third-order valence-electron chi connectivity index (χ3n) is 3.07. The van der Waals surface area contributed by atoms with E-state index >= 15 is 0 Å². The van der Waals surface area contributed by atoms with E-state index < -0.39 is 17.5 Å². The molecule has 0 fully saturated rings. The van der Waals surface area contributed by atoms with Gasteiger partial charge in [-0.15, -0.1) is 0 Å². The number of anilines is 1. The highest BCUT2D eigenvalue weighted by molar-refractivity contribution is 5.91. The number of hydrogen-bond donors (Lipinski definition) is 3. The van der Waals surface area contributed by atoms with Gasteiger partial charge in [-0.25, -0.2) is 4.79 Å². The smallest absolute Gasteiger partial charge is 0.319 e. The van der Waals surface area contributed by atoms with Crippen LogP contribution in [0.4, 0.5) is 10.5 Å². The van der Waals surface area contributed by atoms with Crippen molar-refractivity contribution in [3.8, 4) is 11.5 Å². The summed E-state index contributed by atoms with van der Waals surface area (Å²) in [7, 11) is 3.04. The zero-order valence-corrected chi connectivity index (χ0v) is 13.2. The third kappa shape index (κ3) is 5.51. The van der Waals surface area contributed by atoms with Crippen molar-refractivity contribution in [3.63, 3.8) is 0 Å². The van der Waals surface area contributed by atoms with Gasteiger partial charge >= 0.3 is 12.0 Å². The van der Waals surface area contributed by atoms with Crippen LogP contribution in [-0.4, -0.2) is 36.9 Å². The van der Waals surface area contributed by atoms with Crippen LogP contribution >= 0.6 is 0 Å². The first-order chi connectivity index (χ1) is 10.3. The number of benzene rings is 1. The fraction of sp³-hybridized carbons (Fsp3) is 0.467. The minimum absolute atomic E-state index is 0.0147. The fourth-order valence-electron chi connectivity index (χ4n) is 1.84. The topological polar surface area (TPSA) is 96.9 Å². The standard InChI is InChI=1S/C15H22N2O5/c1-15(2,8-7-13(18)19)17-14(20)16-11-6-5-10(21-3)9-12(11)22-4/h5-6,9H,7-8H2,1-4H3,(H,18,19)(H2,16,17,20). The van der Waals surface area contributed by atoms with Crippen molar-refractivity contribution in [2.45, 2.75) is 32.2 Å². The summed E-state index contributed by atoms with van der Waals surface area (Å²) < 4.78 is 10.3. The molecule has 0 aliphatic heterocycles. The van der Waals surface area contributed by atoms with Crippen LogP contribution in [0.25, 0.3) is 0 Å². The van der Waals surface area contributed by atoms with Gasteiger partial charge in [0.25, 0.3) is 0 Å². The molecule has 3 N–H and O–H groups in total. The summed E-state index contributed by atoms with van der Waals surface area (Å²) in [6.07, 6.45) is 0.314. The van der Waals surface area contributed by atoms with E-state index in [0.717, 1.165) is 0 Å². The first kappa shape index (κ1) is 17.6. The highest BCUT2D eigenvalue weighted by Crippen LogP contribution is 2.29. The van der Waals surface area contributed by atoms with Gasteiger partial charge in [0.15, 0.2) is 0 Å². The van der Waals surface area contributed by atoms with Gasteiger partial charge < -0.3 is 25.2 Å². The molecule has 0 spiro atoms. The van der Waals surface area contributed by atoms with Gasteiger partial charge in [0, 0.05) is 18.0 Å². The SMILES string of the molecule is COc1ccc(NC(=O)NC(C)(C)CCC(=O)O)c(OC)c1. The van der Waals surface area contributed by atoms with Crippen LogP contribution in [0.15, 0.2) is 18.2 Å². The van der Waals surface area contributed by atoms with Gasteiger partial charge in [-0.05, 0) is 32.4 Å². The predicted octanol–water partition coefficient (Wildman–Crippen LogP) is 2.47. The van der Waals surface area contributed by atoms with Crippen molar-refractivity contribution in [1.29, 1.82) is 0 Å². The molecule has 0 aliphatic carbocycles. The maximum Gasteiger partial charge on any atom is 0.319 e. The van der Waals surface area contributed by atoms with Gasteiger partial charge in [-0.3, -0.25) is 4.79 Å². The molecule has 22 heavy (non-hydrogen) atoms. The Morgan fingerprint density at radius 3 is 2.45 bits per heavy atom. The summed E-state index contributed by atoms with van der Waals surface area (Å²) in [6.45, 7) is 3.53. The van der Waals surface area contributed by atoms with E-state index in [1.807, 2.05) is 0 Å². The second kappa shape index (κ2) is 7.53. The summed E-state index contributed by atoms with van der Waals surface area (Å²) in [4.78, 5) is 22.6. The lowest BCUT2D eigenvalue weighted by molar-refractivity contribution is -0.137. The lowest BCUT2D eigenvalue weighted by Crippen LogP contribution is -2.45. The summed E-state index contributed by atoms with van der Waals surface area (Å²) >= 11 is 0. The summed E-state index contributed by atoms with van der Waals surface area (Å²) in [6, 6.07) is 4.60. The quantitative estimate of drug-likeness (QED) is 0.719. The highest BCUT2D eigenvalue weighted by Gasteiger charge is 2.22. The van der Waals surface area contributed by atoms with Crippen molar-refractivity contribution in [1.82, 2.24) is 5.32 Å². The molecule has 0 atom stereocenters. The lowest BCUT2D eigenvalue weighted by atomic mass is 9.99. The number of carbonyl (C=O) groups is 2. The van der Waals surface area contributed by atoms with Gasteiger partial charge in [-0.1, -0.05) is 0 Å². The van der Waals surface area contributed by atoms with Crippen molar-refractivity contribution in [2.24, 2.45) is 0 Å². The number of aliphatic carboxylic acids is 1. The van der Waals surface area contributed by atoms with Crippen LogP contribution in [-0.2, 0) is 4.79 Å². The van der Waals surface area contributed by atoms with Gasteiger partial charge in [0.1, 0.15) is 11.5 Å². The molecule has 0 saturated carbocycles. The first-order valence-electron chi connectivity index (χ1n) is 6.80. The highest BCUT2D eigenvalue weighted by atomic mass is 16.5. The molecule has 0 saturated heterocycles. The number of amides is 2. The van der Waals surface area contributed by atoms with Gasteiger partial charge in [0.2, 0.25) is 0 Å². The van der Waals surface area contributed by atoms with E-state index in [9.17, 15) is 9.59 Å². The number of urea groups is 1. The predicted molar refractivity (Wildman–Crippen MR) is 82.6 cm³/mol. The number of hydrogen-bond acceptors (Lipinski definition) is 4. The number of methoxy groups -OCH3 is 2. The molecule has 0 aromatic heterocycles. The molecular formula is C15H22N2O5. The van der Waals surface area contributed by atoms with Crippen LogP contribution < -0.4 is 20.1 Å². The van der Waals surface area contributed by atoms with Crippen LogP contribution in [0, 0.1) is 0 Å². The molecule has 7 nitrogen and oxygen atoms in total. The average Bonchev–Trinajstić information content (AvgIpc) is 2.45. The van der Waals surface area contributed by atoms with E-state index in [-0.39, 0.29) is 6.42 Å². The Balaban J connectivity index is 2.70. The molecular weight excluding hydrogens is 288 g/mol. The van der Waals surface area contributed by atoms with Crippen molar-refractivity contribution >= 4 is 17.7 Å². The van der Waals surface area contributed by atoms with E-state index in [4.69, 9.17) is 14.6 Å². The Hall–Kier alpha value is -2.44. The molecule has 0 radical (unpaired) electrons. The van der Waals surface area contributed by atoms with E-state index in [1.165, 1.54) is 7.11 Å². The second-order valence-corrected chi connectivity index (χ2v) is 5.42. The Kier molecular flexibility index (Phi) is 6.03. The molecule has 0 heterocycles. The van der Waals surface area contributed by atoms with Crippen molar-refractivity contribution < 1.29 is 24.2 Å². The van der Waals surface area contributed by atoms with Crippen LogP contribution in [0.1, 0.15) is 26.7 Å². The summed E-state index contributed by atoms with van der Waals surface area (Å²) in [5, 5.41) is 14.1. The molecule has 2 amide bonds. The van der Waals surface area contributed by atoms with Crippen molar-refractivity contribution in [3.05, 3.63) is 18.2 Å². The van der Waals surface area contributed by atoms with E-state index in [2.05, 4.69) is 10.6 Å². The summed E-state index contributed by atoms with van der Waals surface area (Å²) in [5.74, 6) is 0.189. The summed E-state index contributed by atoms with van der Waals surface area (Å²) in [5.41, 5.74) is -0.142. The van der Waals surface area contributed by atoms with E-state index in [1.54, 1.807) is 39.2 Å². The molecule has 0 aliphatic rings. The monoisotopic (exact) mass is 310 g/mol. The third-order valence-corrected chi connectivity index (χ3v) is 3.07. The van der Waals surface area contributed by atoms with Crippen LogP contribution in [0.2, 0.25) is 0 Å². The number of carbonyl (C=O) groups excluding carboxylic acids is 1. The molecule has 1 aromatic carbocycles. The first-order valence-corrected chi connectivity index (χ1v) is 6.80. The Labute approximate surface area is 129 Å². The maximum absolute atomic E-state index is 12.0. The number of carboxylic acid groups (broad SMARTS) is 1. The zero-order chi connectivity index (χ0) is 16.8. The Bertz CT molecular complexity index is 543. The number of nitrogens with one attached hydrogen (secondary N) is 2. The molecule has 0 bridgehead atoms. The number of ether oxygens (including phenoxy) is 2. The average molecular weight is 310 g/mol. The molecule has 122 valence electrons. The molecule has 1 rings (SSSR count). The maximum atomic E-state index is 12.0. The Morgan fingerprint density at radius 2 is 1.91 bits per heavy atom. The zero-order valence-electron chi connectivity index (χ0n) is 13.2. The van der Waals surface area contributed by atoms with Crippen LogP contribution in [0.5, 0.6) is 11.5 Å². The minimum Gasteiger partial charge on any atom is -0.497 e. The van der Waals surface area contributed by atoms with Crippen LogP contribution in [0.3, 0.4) is 0 Å². The number of carboxylic acids is 1. The largest absolute Gasteiger partial charge is 0.497 e. The lowest BCUT2D eigenvalue weighted by Gasteiger charge is -2.26.